The van der Waals surface area contributed by atoms with Crippen LogP contribution in [0, 0.1) is 6.92 Å². The molecule has 0 saturated carbocycles. The largest absolute Gasteiger partial charge is 0.497 e. The van der Waals surface area contributed by atoms with Gasteiger partial charge in [0.2, 0.25) is 0 Å². The van der Waals surface area contributed by atoms with E-state index < -0.39 is 0 Å². The number of fused-ring (bicyclic) bond motifs is 1. The van der Waals surface area contributed by atoms with Gasteiger partial charge < -0.3 is 19.7 Å². The summed E-state index contributed by atoms with van der Waals surface area (Å²) in [7, 11) is 3.22. The van der Waals surface area contributed by atoms with Crippen molar-refractivity contribution in [2.24, 2.45) is 0 Å². The van der Waals surface area contributed by atoms with Crippen LogP contribution >= 0.6 is 11.8 Å². The minimum Gasteiger partial charge on any atom is -0.497 e. The Bertz CT molecular complexity index is 1140. The molecule has 0 bridgehead atoms. The van der Waals surface area contributed by atoms with E-state index in [0.29, 0.717) is 41.1 Å². The van der Waals surface area contributed by atoms with Crippen molar-refractivity contribution >= 4 is 29.2 Å². The molecule has 8 heteroatoms. The Morgan fingerprint density at radius 2 is 1.97 bits per heavy atom. The molecule has 0 atom stereocenters. The number of benzene rings is 2. The van der Waals surface area contributed by atoms with E-state index in [1.807, 2.05) is 55.6 Å². The number of hydrogen-bond acceptors (Lipinski definition) is 7. The van der Waals surface area contributed by atoms with Gasteiger partial charge in [0.15, 0.2) is 5.16 Å². The molecule has 31 heavy (non-hydrogen) atoms. The molecule has 0 radical (unpaired) electrons. The molecule has 1 amide bonds. The molecule has 0 unspecified atom stereocenters. The van der Waals surface area contributed by atoms with Gasteiger partial charge in [-0.3, -0.25) is 4.79 Å². The molecule has 0 aliphatic carbocycles. The average molecular weight is 437 g/mol. The van der Waals surface area contributed by atoms with Crippen LogP contribution in [0.5, 0.6) is 11.5 Å². The first-order chi connectivity index (χ1) is 15.0. The number of nitrogens with one attached hydrogen (secondary N) is 1. The summed E-state index contributed by atoms with van der Waals surface area (Å²) in [6, 6.07) is 13.6. The van der Waals surface area contributed by atoms with E-state index in [1.165, 1.54) is 11.8 Å². The molecule has 160 valence electrons. The maximum absolute atomic E-state index is 13.3. The predicted octanol–water partition coefficient (Wildman–Crippen LogP) is 4.42. The molecule has 2 aromatic carbocycles. The SMILES string of the molecule is COc1ccc(CN2Cc3nc(SC)nc(Nc4cccc(C)c4)c3C2=O)c(OC)c1. The minimum atomic E-state index is -0.101. The van der Waals surface area contributed by atoms with Crippen LogP contribution in [0.3, 0.4) is 0 Å². The Balaban J connectivity index is 1.65. The number of carbonyl (C=O) groups is 1. The molecule has 7 nitrogen and oxygen atoms in total. The highest BCUT2D eigenvalue weighted by Crippen LogP contribution is 2.33. The molecular weight excluding hydrogens is 412 g/mol. The summed E-state index contributed by atoms with van der Waals surface area (Å²) in [5, 5.41) is 3.95. The van der Waals surface area contributed by atoms with E-state index in [2.05, 4.69) is 15.3 Å². The highest BCUT2D eigenvalue weighted by molar-refractivity contribution is 7.98. The maximum Gasteiger partial charge on any atom is 0.260 e. The van der Waals surface area contributed by atoms with Crippen LogP contribution < -0.4 is 14.8 Å². The number of nitrogens with zero attached hydrogens (tertiary/aromatic N) is 3. The van der Waals surface area contributed by atoms with E-state index in [0.717, 1.165) is 22.5 Å². The minimum absolute atomic E-state index is 0.101. The van der Waals surface area contributed by atoms with E-state index in [-0.39, 0.29) is 5.91 Å². The summed E-state index contributed by atoms with van der Waals surface area (Å²) in [5.41, 5.74) is 4.16. The second-order valence-corrected chi connectivity index (χ2v) is 7.99. The third kappa shape index (κ3) is 4.29. The first kappa shape index (κ1) is 21.0. The van der Waals surface area contributed by atoms with Gasteiger partial charge in [0.05, 0.1) is 33.0 Å². The Morgan fingerprint density at radius 3 is 2.68 bits per heavy atom. The lowest BCUT2D eigenvalue weighted by atomic mass is 10.1. The van der Waals surface area contributed by atoms with Crippen molar-refractivity contribution in [2.45, 2.75) is 25.2 Å². The molecular formula is C23H24N4O3S. The zero-order valence-corrected chi connectivity index (χ0v) is 18.7. The molecule has 1 N–H and O–H groups in total. The molecule has 1 aliphatic heterocycles. The lowest BCUT2D eigenvalue weighted by Crippen LogP contribution is -2.24. The van der Waals surface area contributed by atoms with E-state index in [9.17, 15) is 4.79 Å². The molecule has 2 heterocycles. The first-order valence-electron chi connectivity index (χ1n) is 9.81. The number of rotatable bonds is 7. The van der Waals surface area contributed by atoms with Crippen LogP contribution in [-0.4, -0.2) is 41.3 Å². The predicted molar refractivity (Wildman–Crippen MR) is 121 cm³/mol. The number of hydrogen-bond donors (Lipinski definition) is 1. The smallest absolute Gasteiger partial charge is 0.260 e. The zero-order valence-electron chi connectivity index (χ0n) is 17.9. The summed E-state index contributed by atoms with van der Waals surface area (Å²) < 4.78 is 10.8. The molecule has 4 rings (SSSR count). The van der Waals surface area contributed by atoms with Crippen LogP contribution in [0.2, 0.25) is 0 Å². The number of anilines is 2. The van der Waals surface area contributed by atoms with Crippen molar-refractivity contribution < 1.29 is 14.3 Å². The summed E-state index contributed by atoms with van der Waals surface area (Å²) in [4.78, 5) is 24.3. The lowest BCUT2D eigenvalue weighted by molar-refractivity contribution is 0.0766. The van der Waals surface area contributed by atoms with Crippen LogP contribution in [-0.2, 0) is 13.1 Å². The van der Waals surface area contributed by atoms with Crippen LogP contribution in [0.25, 0.3) is 0 Å². The Labute approximate surface area is 185 Å². The Hall–Kier alpha value is -3.26. The first-order valence-corrected chi connectivity index (χ1v) is 11.0. The summed E-state index contributed by atoms with van der Waals surface area (Å²) in [6.45, 7) is 2.85. The van der Waals surface area contributed by atoms with Crippen molar-refractivity contribution in [3.8, 4) is 11.5 Å². The van der Waals surface area contributed by atoms with Crippen molar-refractivity contribution in [2.75, 3.05) is 25.8 Å². The number of thioether (sulfide) groups is 1. The average Bonchev–Trinajstić information content (AvgIpc) is 3.09. The normalized spacial score (nSPS) is 12.6. The quantitative estimate of drug-likeness (QED) is 0.434. The fourth-order valence-electron chi connectivity index (χ4n) is 3.59. The number of carbonyl (C=O) groups excluding carboxylic acids is 1. The van der Waals surface area contributed by atoms with Crippen LogP contribution in [0.15, 0.2) is 47.6 Å². The van der Waals surface area contributed by atoms with Gasteiger partial charge in [-0.2, -0.15) is 0 Å². The third-order valence-corrected chi connectivity index (χ3v) is 5.67. The fourth-order valence-corrected chi connectivity index (χ4v) is 3.98. The molecule has 3 aromatic rings. The second kappa shape index (κ2) is 8.85. The van der Waals surface area contributed by atoms with Crippen molar-refractivity contribution in [1.82, 2.24) is 14.9 Å². The summed E-state index contributed by atoms with van der Waals surface area (Å²) in [5.74, 6) is 1.82. The topological polar surface area (TPSA) is 76.6 Å². The van der Waals surface area contributed by atoms with E-state index >= 15 is 0 Å². The maximum atomic E-state index is 13.3. The Kier molecular flexibility index (Phi) is 5.99. The van der Waals surface area contributed by atoms with Gasteiger partial charge >= 0.3 is 0 Å². The van der Waals surface area contributed by atoms with Crippen LogP contribution in [0.1, 0.15) is 27.2 Å². The molecule has 1 aliphatic rings. The summed E-state index contributed by atoms with van der Waals surface area (Å²) >= 11 is 1.45. The van der Waals surface area contributed by atoms with Gasteiger partial charge in [0.1, 0.15) is 22.9 Å². The van der Waals surface area contributed by atoms with Gasteiger partial charge in [-0.15, -0.1) is 0 Å². The molecule has 0 spiro atoms. The second-order valence-electron chi connectivity index (χ2n) is 7.21. The van der Waals surface area contributed by atoms with E-state index in [1.54, 1.807) is 19.1 Å². The summed E-state index contributed by atoms with van der Waals surface area (Å²) in [6.07, 6.45) is 1.93. The van der Waals surface area contributed by atoms with Crippen molar-refractivity contribution in [3.63, 3.8) is 0 Å². The third-order valence-electron chi connectivity index (χ3n) is 5.12. The molecule has 0 saturated heterocycles. The van der Waals surface area contributed by atoms with Crippen molar-refractivity contribution in [3.05, 3.63) is 64.8 Å². The Morgan fingerprint density at radius 1 is 1.13 bits per heavy atom. The highest BCUT2D eigenvalue weighted by atomic mass is 32.2. The number of aryl methyl sites for hydroxylation is 1. The fraction of sp³-hybridized carbons (Fsp3) is 0.261. The zero-order chi connectivity index (χ0) is 22.0. The number of amides is 1. The number of aromatic nitrogens is 2. The molecule has 0 fully saturated rings. The molecule has 1 aromatic heterocycles. The monoisotopic (exact) mass is 436 g/mol. The lowest BCUT2D eigenvalue weighted by Gasteiger charge is -2.18. The van der Waals surface area contributed by atoms with Crippen LogP contribution in [0.4, 0.5) is 11.5 Å². The van der Waals surface area contributed by atoms with Gasteiger partial charge in [0.25, 0.3) is 5.91 Å². The van der Waals surface area contributed by atoms with Gasteiger partial charge in [-0.25, -0.2) is 9.97 Å². The van der Waals surface area contributed by atoms with E-state index in [4.69, 9.17) is 9.47 Å². The number of methoxy groups -OCH3 is 2. The van der Waals surface area contributed by atoms with Crippen molar-refractivity contribution in [1.29, 1.82) is 0 Å². The van der Waals surface area contributed by atoms with Gasteiger partial charge in [0, 0.05) is 17.3 Å². The standard InChI is InChI=1S/C23H24N4O3S/c1-14-6-5-7-16(10-14)24-21-20-18(25-23(26-21)31-4)13-27(22(20)28)12-15-8-9-17(29-2)11-19(15)30-3/h5-11H,12-13H2,1-4H3,(H,24,25,26). The number of ether oxygens (including phenoxy) is 2. The highest BCUT2D eigenvalue weighted by Gasteiger charge is 2.33. The van der Waals surface area contributed by atoms with Gasteiger partial charge in [-0.1, -0.05) is 23.9 Å². The van der Waals surface area contributed by atoms with Gasteiger partial charge in [-0.05, 0) is 43.0 Å².